The van der Waals surface area contributed by atoms with Gasteiger partial charge >= 0.3 is 5.97 Å². The number of esters is 1. The lowest BCUT2D eigenvalue weighted by molar-refractivity contribution is -0.149. The fraction of sp³-hybridized carbons (Fsp3) is 0.889. The van der Waals surface area contributed by atoms with Gasteiger partial charge in [0, 0.05) is 0 Å². The van der Waals surface area contributed by atoms with E-state index in [2.05, 4.69) is 4.74 Å². The largest absolute Gasteiger partial charge is 0.469 e. The minimum Gasteiger partial charge on any atom is -0.469 e. The Morgan fingerprint density at radius 3 is 2.67 bits per heavy atom. The molecule has 0 aromatic rings. The third-order valence-corrected chi connectivity index (χ3v) is 2.48. The van der Waals surface area contributed by atoms with Crippen molar-refractivity contribution < 1.29 is 14.6 Å². The summed E-state index contributed by atoms with van der Waals surface area (Å²) in [5, 5.41) is 9.55. The Kier molecular flexibility index (Phi) is 3.53. The maximum atomic E-state index is 11.1. The molecule has 12 heavy (non-hydrogen) atoms. The summed E-state index contributed by atoms with van der Waals surface area (Å²) in [6.45, 7) is 0. The van der Waals surface area contributed by atoms with E-state index in [1.807, 2.05) is 0 Å². The van der Waals surface area contributed by atoms with Gasteiger partial charge < -0.3 is 9.84 Å². The highest BCUT2D eigenvalue weighted by molar-refractivity contribution is 5.72. The second kappa shape index (κ2) is 4.45. The molecule has 0 aliphatic heterocycles. The van der Waals surface area contributed by atoms with Crippen LogP contribution in [0.2, 0.25) is 0 Å². The molecule has 1 aliphatic rings. The fourth-order valence-electron chi connectivity index (χ4n) is 1.71. The summed E-state index contributed by atoms with van der Waals surface area (Å²) in [5.74, 6) is -0.540. The van der Waals surface area contributed by atoms with Crippen molar-refractivity contribution in [2.75, 3.05) is 7.11 Å². The summed E-state index contributed by atoms with van der Waals surface area (Å²) in [7, 11) is 1.37. The van der Waals surface area contributed by atoms with Crippen molar-refractivity contribution in [1.29, 1.82) is 0 Å². The molecular weight excluding hydrogens is 156 g/mol. The van der Waals surface area contributed by atoms with Gasteiger partial charge in [-0.3, -0.25) is 4.79 Å². The van der Waals surface area contributed by atoms with Crippen molar-refractivity contribution in [3.63, 3.8) is 0 Å². The fourth-order valence-corrected chi connectivity index (χ4v) is 1.71. The van der Waals surface area contributed by atoms with Crippen LogP contribution < -0.4 is 0 Å². The molecule has 1 fully saturated rings. The molecule has 1 rings (SSSR count). The zero-order valence-corrected chi connectivity index (χ0v) is 7.45. The first-order valence-corrected chi connectivity index (χ1v) is 4.51. The quantitative estimate of drug-likeness (QED) is 0.476. The molecule has 0 saturated heterocycles. The van der Waals surface area contributed by atoms with Crippen LogP contribution in [0.5, 0.6) is 0 Å². The molecule has 70 valence electrons. The second-order valence-electron chi connectivity index (χ2n) is 3.34. The maximum Gasteiger partial charge on any atom is 0.311 e. The normalized spacial score (nSPS) is 30.8. The van der Waals surface area contributed by atoms with Crippen LogP contribution in [-0.2, 0) is 9.53 Å². The van der Waals surface area contributed by atoms with E-state index >= 15 is 0 Å². The first-order chi connectivity index (χ1) is 5.75. The monoisotopic (exact) mass is 172 g/mol. The van der Waals surface area contributed by atoms with Crippen LogP contribution in [0, 0.1) is 5.92 Å². The average molecular weight is 172 g/mol. The lowest BCUT2D eigenvalue weighted by atomic mass is 9.98. The van der Waals surface area contributed by atoms with Gasteiger partial charge in [0.05, 0.1) is 19.1 Å². The van der Waals surface area contributed by atoms with E-state index in [4.69, 9.17) is 0 Å². The average Bonchev–Trinajstić information content (AvgIpc) is 2.28. The summed E-state index contributed by atoms with van der Waals surface area (Å²) in [4.78, 5) is 11.1. The topological polar surface area (TPSA) is 46.5 Å². The number of hydrogen-bond acceptors (Lipinski definition) is 3. The van der Waals surface area contributed by atoms with E-state index in [9.17, 15) is 9.90 Å². The van der Waals surface area contributed by atoms with Crippen molar-refractivity contribution in [3.05, 3.63) is 0 Å². The van der Waals surface area contributed by atoms with Crippen LogP contribution >= 0.6 is 0 Å². The Bertz CT molecular complexity index is 156. The van der Waals surface area contributed by atoms with E-state index in [0.717, 1.165) is 32.1 Å². The second-order valence-corrected chi connectivity index (χ2v) is 3.34. The zero-order chi connectivity index (χ0) is 8.97. The number of aliphatic hydroxyl groups excluding tert-OH is 1. The number of aliphatic hydroxyl groups is 1. The smallest absolute Gasteiger partial charge is 0.311 e. The highest BCUT2D eigenvalue weighted by Crippen LogP contribution is 2.24. The van der Waals surface area contributed by atoms with E-state index in [-0.39, 0.29) is 11.9 Å². The molecule has 2 atom stereocenters. The van der Waals surface area contributed by atoms with Crippen molar-refractivity contribution in [2.24, 2.45) is 5.92 Å². The van der Waals surface area contributed by atoms with Gasteiger partial charge in [0.25, 0.3) is 0 Å². The van der Waals surface area contributed by atoms with Crippen LogP contribution in [0.15, 0.2) is 0 Å². The molecule has 1 N–H and O–H groups in total. The molecule has 0 heterocycles. The van der Waals surface area contributed by atoms with Gasteiger partial charge in [0.2, 0.25) is 0 Å². The molecular formula is C9H16O3. The zero-order valence-electron chi connectivity index (χ0n) is 7.45. The Balaban J connectivity index is 2.52. The van der Waals surface area contributed by atoms with Gasteiger partial charge in [0.15, 0.2) is 0 Å². The molecule has 0 radical (unpaired) electrons. The van der Waals surface area contributed by atoms with Crippen LogP contribution in [0.25, 0.3) is 0 Å². The van der Waals surface area contributed by atoms with Gasteiger partial charge in [-0.05, 0) is 12.8 Å². The van der Waals surface area contributed by atoms with Gasteiger partial charge in [0.1, 0.15) is 0 Å². The Labute approximate surface area is 72.7 Å². The Morgan fingerprint density at radius 2 is 2.00 bits per heavy atom. The predicted molar refractivity (Wildman–Crippen MR) is 44.6 cm³/mol. The number of methoxy groups -OCH3 is 1. The Morgan fingerprint density at radius 1 is 1.33 bits per heavy atom. The summed E-state index contributed by atoms with van der Waals surface area (Å²) in [6.07, 6.45) is 4.18. The summed E-state index contributed by atoms with van der Waals surface area (Å²) in [5.41, 5.74) is 0. The highest BCUT2D eigenvalue weighted by atomic mass is 16.5. The van der Waals surface area contributed by atoms with E-state index in [1.165, 1.54) is 7.11 Å². The SMILES string of the molecule is COC(=O)[C@H]1CCCCC[C@H]1O. The van der Waals surface area contributed by atoms with Gasteiger partial charge in [-0.1, -0.05) is 19.3 Å². The molecule has 0 aromatic carbocycles. The van der Waals surface area contributed by atoms with Crippen LogP contribution in [0.4, 0.5) is 0 Å². The third-order valence-electron chi connectivity index (χ3n) is 2.48. The minimum atomic E-state index is -0.486. The van der Waals surface area contributed by atoms with Crippen LogP contribution in [0.1, 0.15) is 32.1 Å². The molecule has 0 spiro atoms. The van der Waals surface area contributed by atoms with Gasteiger partial charge in [-0.15, -0.1) is 0 Å². The number of carbonyl (C=O) groups is 1. The molecule has 3 nitrogen and oxygen atoms in total. The van der Waals surface area contributed by atoms with Crippen LogP contribution in [0.3, 0.4) is 0 Å². The minimum absolute atomic E-state index is 0.260. The number of carbonyl (C=O) groups excluding carboxylic acids is 1. The predicted octanol–water partition coefficient (Wildman–Crippen LogP) is 1.10. The summed E-state index contributed by atoms with van der Waals surface area (Å²) in [6, 6.07) is 0. The molecule has 0 aromatic heterocycles. The number of hydrogen-bond donors (Lipinski definition) is 1. The van der Waals surface area contributed by atoms with Crippen molar-refractivity contribution in [3.8, 4) is 0 Å². The standard InChI is InChI=1S/C9H16O3/c1-12-9(11)7-5-3-2-4-6-8(7)10/h7-8,10H,2-6H2,1H3/t7-,8+/m0/s1. The first kappa shape index (κ1) is 9.52. The summed E-state index contributed by atoms with van der Waals surface area (Å²) < 4.78 is 4.62. The maximum absolute atomic E-state index is 11.1. The lowest BCUT2D eigenvalue weighted by Crippen LogP contribution is -2.28. The van der Waals surface area contributed by atoms with Crippen molar-refractivity contribution in [2.45, 2.75) is 38.2 Å². The Hall–Kier alpha value is -0.570. The van der Waals surface area contributed by atoms with E-state index in [0.29, 0.717) is 0 Å². The third kappa shape index (κ3) is 2.21. The first-order valence-electron chi connectivity index (χ1n) is 4.51. The molecule has 0 unspecified atom stereocenters. The van der Waals surface area contributed by atoms with Crippen molar-refractivity contribution >= 4 is 5.97 Å². The van der Waals surface area contributed by atoms with E-state index in [1.54, 1.807) is 0 Å². The molecule has 3 heteroatoms. The molecule has 0 amide bonds. The van der Waals surface area contributed by atoms with E-state index < -0.39 is 6.10 Å². The number of rotatable bonds is 1. The highest BCUT2D eigenvalue weighted by Gasteiger charge is 2.28. The molecule has 0 bridgehead atoms. The van der Waals surface area contributed by atoms with Crippen LogP contribution in [-0.4, -0.2) is 24.3 Å². The van der Waals surface area contributed by atoms with Gasteiger partial charge in [-0.2, -0.15) is 0 Å². The summed E-state index contributed by atoms with van der Waals surface area (Å²) >= 11 is 0. The number of ether oxygens (including phenoxy) is 1. The van der Waals surface area contributed by atoms with Gasteiger partial charge in [-0.25, -0.2) is 0 Å². The van der Waals surface area contributed by atoms with Crippen molar-refractivity contribution in [1.82, 2.24) is 0 Å². The lowest BCUT2D eigenvalue weighted by Gasteiger charge is -2.16. The molecule has 1 aliphatic carbocycles. The molecule has 1 saturated carbocycles.